The van der Waals surface area contributed by atoms with Gasteiger partial charge in [0.2, 0.25) is 5.11 Å². The van der Waals surface area contributed by atoms with E-state index in [9.17, 15) is 0 Å². The molecule has 0 aliphatic heterocycles. The molecule has 0 bridgehead atoms. The molecule has 0 heterocycles. The van der Waals surface area contributed by atoms with Gasteiger partial charge in [0.05, 0.1) is 12.4 Å². The highest BCUT2D eigenvalue weighted by atomic mass is 32.1. The molecule has 0 fully saturated rings. The lowest BCUT2D eigenvalue weighted by Gasteiger charge is -2.11. The molecule has 6 nitrogen and oxygen atoms in total. The molecular formula is C19H24N6S. The molecule has 0 radical (unpaired) electrons. The maximum absolute atomic E-state index is 5.13. The molecule has 0 saturated carbocycles. The first-order valence-corrected chi connectivity index (χ1v) is 8.53. The topological polar surface area (TPSA) is 55.3 Å². The van der Waals surface area contributed by atoms with E-state index in [1.54, 1.807) is 12.4 Å². The third kappa shape index (κ3) is 6.18. The van der Waals surface area contributed by atoms with E-state index in [-0.39, 0.29) is 0 Å². The maximum Gasteiger partial charge on any atom is 0.207 e. The highest BCUT2D eigenvalue weighted by Gasteiger charge is 1.95. The Labute approximate surface area is 160 Å². The van der Waals surface area contributed by atoms with Crippen LogP contribution >= 0.6 is 12.2 Å². The van der Waals surface area contributed by atoms with Crippen molar-refractivity contribution >= 4 is 41.1 Å². The Morgan fingerprint density at radius 2 is 1.08 bits per heavy atom. The summed E-state index contributed by atoms with van der Waals surface area (Å²) in [5.74, 6) is 0. The molecule has 0 atom stereocenters. The number of nitrogens with one attached hydrogen (secondary N) is 2. The van der Waals surface area contributed by atoms with Gasteiger partial charge in [0, 0.05) is 39.6 Å². The molecule has 0 saturated heterocycles. The Balaban J connectivity index is 1.79. The first-order valence-electron chi connectivity index (χ1n) is 8.12. The molecular weight excluding hydrogens is 344 g/mol. The van der Waals surface area contributed by atoms with Crippen molar-refractivity contribution in [1.82, 2.24) is 10.9 Å². The van der Waals surface area contributed by atoms with Crippen LogP contribution in [0.4, 0.5) is 11.4 Å². The first-order chi connectivity index (χ1) is 12.5. The molecule has 2 aromatic carbocycles. The van der Waals surface area contributed by atoms with Crippen LogP contribution in [-0.4, -0.2) is 45.7 Å². The molecule has 0 spiro atoms. The second kappa shape index (κ2) is 9.53. The van der Waals surface area contributed by atoms with Crippen LogP contribution in [0.15, 0.2) is 58.7 Å². The summed E-state index contributed by atoms with van der Waals surface area (Å²) in [5.41, 5.74) is 9.72. The van der Waals surface area contributed by atoms with E-state index in [4.69, 9.17) is 12.2 Å². The molecule has 0 aromatic heterocycles. The van der Waals surface area contributed by atoms with Gasteiger partial charge in [0.15, 0.2) is 0 Å². The summed E-state index contributed by atoms with van der Waals surface area (Å²) in [4.78, 5) is 4.09. The largest absolute Gasteiger partial charge is 0.378 e. The molecule has 0 aliphatic rings. The fourth-order valence-electron chi connectivity index (χ4n) is 2.07. The predicted octanol–water partition coefficient (Wildman–Crippen LogP) is 2.65. The monoisotopic (exact) mass is 368 g/mol. The van der Waals surface area contributed by atoms with E-state index in [1.165, 1.54) is 0 Å². The summed E-state index contributed by atoms with van der Waals surface area (Å²) >= 11 is 5.13. The Kier molecular flexibility index (Phi) is 7.11. The zero-order valence-corrected chi connectivity index (χ0v) is 16.3. The van der Waals surface area contributed by atoms with Gasteiger partial charge in [0.25, 0.3) is 0 Å². The van der Waals surface area contributed by atoms with Gasteiger partial charge in [-0.2, -0.15) is 10.2 Å². The highest BCUT2D eigenvalue weighted by Crippen LogP contribution is 2.11. The van der Waals surface area contributed by atoms with Crippen LogP contribution in [0.25, 0.3) is 0 Å². The minimum absolute atomic E-state index is 0.326. The van der Waals surface area contributed by atoms with E-state index in [0.717, 1.165) is 22.5 Å². The zero-order valence-electron chi connectivity index (χ0n) is 15.5. The number of hydrazone groups is 2. The number of rotatable bonds is 6. The van der Waals surface area contributed by atoms with Crippen molar-refractivity contribution in [3.63, 3.8) is 0 Å². The van der Waals surface area contributed by atoms with Crippen LogP contribution < -0.4 is 20.7 Å². The van der Waals surface area contributed by atoms with Crippen LogP contribution in [0.2, 0.25) is 0 Å². The Hall–Kier alpha value is -2.93. The lowest BCUT2D eigenvalue weighted by Crippen LogP contribution is -2.28. The molecule has 2 rings (SSSR count). The second-order valence-corrected chi connectivity index (χ2v) is 6.45. The van der Waals surface area contributed by atoms with Gasteiger partial charge in [-0.15, -0.1) is 0 Å². The number of hydrogen-bond acceptors (Lipinski definition) is 5. The number of hydrogen-bond donors (Lipinski definition) is 2. The van der Waals surface area contributed by atoms with Crippen LogP contribution in [0.1, 0.15) is 11.1 Å². The molecule has 2 N–H and O–H groups in total. The smallest absolute Gasteiger partial charge is 0.207 e. The third-order valence-corrected chi connectivity index (χ3v) is 3.76. The minimum Gasteiger partial charge on any atom is -0.378 e. The third-order valence-electron chi connectivity index (χ3n) is 3.58. The standard InChI is InChI=1S/C19H24N6S/c1-24(2)17-9-5-15(6-10-17)13-20-22-19(26)23-21-14-16-7-11-18(12-8-16)25(3)4/h5-14H,1-4H3,(H2,22,23,26)/b20-13-,21-14-. The van der Waals surface area contributed by atoms with Gasteiger partial charge >= 0.3 is 0 Å². The fourth-order valence-corrected chi connectivity index (χ4v) is 2.18. The van der Waals surface area contributed by atoms with Crippen molar-refractivity contribution in [2.24, 2.45) is 10.2 Å². The molecule has 0 amide bonds. The molecule has 2 aromatic rings. The quantitative estimate of drug-likeness (QED) is 0.466. The molecule has 136 valence electrons. The number of benzene rings is 2. The van der Waals surface area contributed by atoms with Crippen LogP contribution in [-0.2, 0) is 0 Å². The number of nitrogens with zero attached hydrogens (tertiary/aromatic N) is 4. The van der Waals surface area contributed by atoms with Gasteiger partial charge in [-0.1, -0.05) is 24.3 Å². The van der Waals surface area contributed by atoms with Crippen molar-refractivity contribution in [2.75, 3.05) is 38.0 Å². The van der Waals surface area contributed by atoms with Crippen molar-refractivity contribution < 1.29 is 0 Å². The van der Waals surface area contributed by atoms with Crippen molar-refractivity contribution in [2.45, 2.75) is 0 Å². The van der Waals surface area contributed by atoms with E-state index in [2.05, 4.69) is 21.1 Å². The van der Waals surface area contributed by atoms with E-state index < -0.39 is 0 Å². The van der Waals surface area contributed by atoms with Crippen molar-refractivity contribution in [3.8, 4) is 0 Å². The van der Waals surface area contributed by atoms with Crippen molar-refractivity contribution in [1.29, 1.82) is 0 Å². The van der Waals surface area contributed by atoms with E-state index in [0.29, 0.717) is 5.11 Å². The Morgan fingerprint density at radius 3 is 1.38 bits per heavy atom. The summed E-state index contributed by atoms with van der Waals surface area (Å²) in [6, 6.07) is 16.1. The van der Waals surface area contributed by atoms with Crippen LogP contribution in [0.5, 0.6) is 0 Å². The van der Waals surface area contributed by atoms with Gasteiger partial charge in [-0.25, -0.2) is 0 Å². The SMILES string of the molecule is CN(C)c1ccc(/C=N\NC(=S)N/N=C\c2ccc(N(C)C)cc2)cc1. The Bertz CT molecular complexity index is 698. The molecule has 0 unspecified atom stereocenters. The lowest BCUT2D eigenvalue weighted by atomic mass is 10.2. The van der Waals surface area contributed by atoms with Gasteiger partial charge in [0.1, 0.15) is 0 Å². The minimum atomic E-state index is 0.326. The first kappa shape index (κ1) is 19.4. The highest BCUT2D eigenvalue weighted by molar-refractivity contribution is 7.80. The van der Waals surface area contributed by atoms with Crippen LogP contribution in [0.3, 0.4) is 0 Å². The van der Waals surface area contributed by atoms with E-state index in [1.807, 2.05) is 86.5 Å². The maximum atomic E-state index is 5.13. The summed E-state index contributed by atoms with van der Waals surface area (Å²) in [6.07, 6.45) is 3.41. The summed E-state index contributed by atoms with van der Waals surface area (Å²) in [5, 5.41) is 8.53. The molecule has 26 heavy (non-hydrogen) atoms. The summed E-state index contributed by atoms with van der Waals surface area (Å²) in [6.45, 7) is 0. The Morgan fingerprint density at radius 1 is 0.731 bits per heavy atom. The summed E-state index contributed by atoms with van der Waals surface area (Å²) < 4.78 is 0. The molecule has 0 aliphatic carbocycles. The summed E-state index contributed by atoms with van der Waals surface area (Å²) in [7, 11) is 8.02. The predicted molar refractivity (Wildman–Crippen MR) is 116 cm³/mol. The van der Waals surface area contributed by atoms with E-state index >= 15 is 0 Å². The van der Waals surface area contributed by atoms with Gasteiger partial charge < -0.3 is 9.80 Å². The van der Waals surface area contributed by atoms with Gasteiger partial charge in [-0.3, -0.25) is 10.9 Å². The average Bonchev–Trinajstić information content (AvgIpc) is 2.62. The fraction of sp³-hybridized carbons (Fsp3) is 0.211. The number of anilines is 2. The lowest BCUT2D eigenvalue weighted by molar-refractivity contribution is 0.934. The number of thiocarbonyl (C=S) groups is 1. The second-order valence-electron chi connectivity index (χ2n) is 6.04. The zero-order chi connectivity index (χ0) is 18.9. The normalized spacial score (nSPS) is 10.9. The van der Waals surface area contributed by atoms with Crippen LogP contribution in [0, 0.1) is 0 Å². The average molecular weight is 369 g/mol. The van der Waals surface area contributed by atoms with Crippen molar-refractivity contribution in [3.05, 3.63) is 59.7 Å². The van der Waals surface area contributed by atoms with Gasteiger partial charge in [-0.05, 0) is 47.6 Å². The molecule has 7 heteroatoms.